The van der Waals surface area contributed by atoms with Crippen molar-refractivity contribution in [1.29, 1.82) is 0 Å². The zero-order chi connectivity index (χ0) is 12.2. The summed E-state index contributed by atoms with van der Waals surface area (Å²) in [5.41, 5.74) is 0.578. The van der Waals surface area contributed by atoms with E-state index in [2.05, 4.69) is 9.44 Å². The number of allylic oxidation sites excluding steroid dienone is 3. The molecule has 0 aliphatic heterocycles. The van der Waals surface area contributed by atoms with E-state index < -0.39 is 10.1 Å². The Morgan fingerprint density at radius 1 is 1.44 bits per heavy atom. The molecule has 0 fully saturated rings. The van der Waals surface area contributed by atoms with Crippen molar-refractivity contribution >= 4 is 21.6 Å². The molecule has 16 heavy (non-hydrogen) atoms. The number of aliphatic hydroxyl groups excluding tert-OH is 1. The summed E-state index contributed by atoms with van der Waals surface area (Å²) < 4.78 is 25.5. The van der Waals surface area contributed by atoms with Gasteiger partial charge in [0.15, 0.2) is 5.78 Å². The second kappa shape index (κ2) is 5.04. The Balaban J connectivity index is 2.84. The van der Waals surface area contributed by atoms with Crippen LogP contribution >= 0.6 is 0 Å². The predicted molar refractivity (Wildman–Crippen MR) is 57.3 cm³/mol. The molecule has 0 radical (unpaired) electrons. The van der Waals surface area contributed by atoms with Crippen LogP contribution in [0, 0.1) is 0 Å². The van der Waals surface area contributed by atoms with Crippen molar-refractivity contribution in [2.45, 2.75) is 6.42 Å². The first-order valence-corrected chi connectivity index (χ1v) is 6.24. The van der Waals surface area contributed by atoms with Gasteiger partial charge in [-0.2, -0.15) is 8.42 Å². The number of carbonyl (C=O) groups excluding carboxylic acids is 1. The van der Waals surface area contributed by atoms with Gasteiger partial charge in [0.2, 0.25) is 0 Å². The summed E-state index contributed by atoms with van der Waals surface area (Å²) in [6, 6.07) is 0. The first-order valence-electron chi connectivity index (χ1n) is 4.43. The van der Waals surface area contributed by atoms with Crippen LogP contribution in [0.5, 0.6) is 0 Å². The highest BCUT2D eigenvalue weighted by Gasteiger charge is 2.12. The number of ketones is 1. The summed E-state index contributed by atoms with van der Waals surface area (Å²) in [5, 5.41) is 12.1. The lowest BCUT2D eigenvalue weighted by molar-refractivity contribution is -0.111. The van der Waals surface area contributed by atoms with Gasteiger partial charge in [-0.1, -0.05) is 5.16 Å². The molecule has 1 aliphatic rings. The molecule has 7 heteroatoms. The topological polar surface area (TPSA) is 93.0 Å². The second-order valence-electron chi connectivity index (χ2n) is 3.14. The summed E-state index contributed by atoms with van der Waals surface area (Å²) in [4.78, 5) is 11.3. The zero-order valence-electron chi connectivity index (χ0n) is 8.58. The SMILES string of the molecule is CS(=O)(=O)ON=C1C=CC(=O)C(CCO)=C1. The molecule has 0 heterocycles. The standard InChI is InChI=1S/C9H11NO5S/c1-16(13,14)15-10-8-2-3-9(12)7(6-8)4-5-11/h2-3,6,11H,4-5H2,1H3. The summed E-state index contributed by atoms with van der Waals surface area (Å²) in [6.07, 6.45) is 5.03. The van der Waals surface area contributed by atoms with Gasteiger partial charge in [0.25, 0.3) is 0 Å². The minimum atomic E-state index is -3.65. The molecule has 0 aromatic heterocycles. The van der Waals surface area contributed by atoms with Crippen molar-refractivity contribution in [1.82, 2.24) is 0 Å². The number of rotatable bonds is 4. The molecule has 0 amide bonds. The highest BCUT2D eigenvalue weighted by Crippen LogP contribution is 2.10. The first-order chi connectivity index (χ1) is 7.42. The lowest BCUT2D eigenvalue weighted by Crippen LogP contribution is -2.10. The predicted octanol–water partition coefficient (Wildman–Crippen LogP) is -0.234. The van der Waals surface area contributed by atoms with Crippen molar-refractivity contribution < 1.29 is 22.6 Å². The maximum atomic E-state index is 11.3. The zero-order valence-corrected chi connectivity index (χ0v) is 9.40. The lowest BCUT2D eigenvalue weighted by atomic mass is 10.0. The largest absolute Gasteiger partial charge is 0.396 e. The molecule has 6 nitrogen and oxygen atoms in total. The Morgan fingerprint density at radius 3 is 2.69 bits per heavy atom. The fraction of sp³-hybridized carbons (Fsp3) is 0.333. The highest BCUT2D eigenvalue weighted by atomic mass is 32.2. The Bertz CT molecular complexity index is 472. The fourth-order valence-corrected chi connectivity index (χ4v) is 1.27. The van der Waals surface area contributed by atoms with Crippen LogP contribution in [0.15, 0.2) is 29.0 Å². The van der Waals surface area contributed by atoms with Gasteiger partial charge in [-0.3, -0.25) is 9.08 Å². The van der Waals surface area contributed by atoms with Crippen molar-refractivity contribution in [3.63, 3.8) is 0 Å². The average molecular weight is 245 g/mol. The third-order valence-corrected chi connectivity index (χ3v) is 2.05. The molecule has 0 bridgehead atoms. The quantitative estimate of drug-likeness (QED) is 0.545. The molecule has 0 aromatic carbocycles. The Labute approximate surface area is 93.0 Å². The van der Waals surface area contributed by atoms with Crippen LogP contribution < -0.4 is 0 Å². The molecule has 0 aromatic rings. The van der Waals surface area contributed by atoms with E-state index in [-0.39, 0.29) is 24.5 Å². The molecule has 1 rings (SSSR count). The van der Waals surface area contributed by atoms with E-state index in [1.807, 2.05) is 0 Å². The molecular formula is C9H11NO5S. The summed E-state index contributed by atoms with van der Waals surface area (Å²) in [7, 11) is -3.65. The van der Waals surface area contributed by atoms with Gasteiger partial charge in [0.1, 0.15) is 5.71 Å². The van der Waals surface area contributed by atoms with Crippen LogP contribution in [0.1, 0.15) is 6.42 Å². The molecule has 88 valence electrons. The van der Waals surface area contributed by atoms with Gasteiger partial charge in [-0.05, 0) is 24.6 Å². The van der Waals surface area contributed by atoms with Crippen LogP contribution in [0.25, 0.3) is 0 Å². The third-order valence-electron chi connectivity index (χ3n) is 1.70. The van der Waals surface area contributed by atoms with E-state index in [0.29, 0.717) is 5.57 Å². The number of nitrogens with zero attached hydrogens (tertiary/aromatic N) is 1. The summed E-state index contributed by atoms with van der Waals surface area (Å²) >= 11 is 0. The average Bonchev–Trinajstić information content (AvgIpc) is 2.18. The highest BCUT2D eigenvalue weighted by molar-refractivity contribution is 7.85. The minimum Gasteiger partial charge on any atom is -0.396 e. The number of aliphatic hydroxyl groups is 1. The molecule has 1 N–H and O–H groups in total. The van der Waals surface area contributed by atoms with Gasteiger partial charge in [0, 0.05) is 12.2 Å². The molecule has 0 saturated carbocycles. The van der Waals surface area contributed by atoms with Gasteiger partial charge in [-0.25, -0.2) is 0 Å². The van der Waals surface area contributed by atoms with Gasteiger partial charge < -0.3 is 5.11 Å². The van der Waals surface area contributed by atoms with Crippen molar-refractivity contribution in [2.75, 3.05) is 12.9 Å². The fourth-order valence-electron chi connectivity index (χ4n) is 1.05. The van der Waals surface area contributed by atoms with Crippen LogP contribution in [0.4, 0.5) is 0 Å². The maximum absolute atomic E-state index is 11.3. The van der Waals surface area contributed by atoms with Crippen molar-refractivity contribution in [3.8, 4) is 0 Å². The van der Waals surface area contributed by atoms with Gasteiger partial charge in [-0.15, -0.1) is 0 Å². The smallest absolute Gasteiger partial charge is 0.325 e. The number of hydrogen-bond donors (Lipinski definition) is 1. The van der Waals surface area contributed by atoms with Gasteiger partial charge >= 0.3 is 10.1 Å². The van der Waals surface area contributed by atoms with Crippen LogP contribution in [0.2, 0.25) is 0 Å². The summed E-state index contributed by atoms with van der Waals surface area (Å²) in [6.45, 7) is -0.161. The van der Waals surface area contributed by atoms with E-state index in [9.17, 15) is 13.2 Å². The Morgan fingerprint density at radius 2 is 2.12 bits per heavy atom. The van der Waals surface area contributed by atoms with Gasteiger partial charge in [0.05, 0.1) is 6.26 Å². The van der Waals surface area contributed by atoms with E-state index >= 15 is 0 Å². The van der Waals surface area contributed by atoms with Crippen LogP contribution in [-0.4, -0.2) is 37.9 Å². The number of oxime groups is 1. The molecular weight excluding hydrogens is 234 g/mol. The normalized spacial score (nSPS) is 18.8. The van der Waals surface area contributed by atoms with Crippen LogP contribution in [0.3, 0.4) is 0 Å². The van der Waals surface area contributed by atoms with E-state index in [0.717, 1.165) is 6.26 Å². The summed E-state index contributed by atoms with van der Waals surface area (Å²) in [5.74, 6) is -0.229. The minimum absolute atomic E-state index is 0.161. The third kappa shape index (κ3) is 3.95. The van der Waals surface area contributed by atoms with E-state index in [1.165, 1.54) is 18.2 Å². The maximum Gasteiger partial charge on any atom is 0.325 e. The first kappa shape index (κ1) is 12.6. The van der Waals surface area contributed by atoms with E-state index in [1.54, 1.807) is 0 Å². The van der Waals surface area contributed by atoms with Crippen molar-refractivity contribution in [3.05, 3.63) is 23.8 Å². The van der Waals surface area contributed by atoms with Crippen LogP contribution in [-0.2, 0) is 19.2 Å². The monoisotopic (exact) mass is 245 g/mol. The number of hydrogen-bond acceptors (Lipinski definition) is 6. The second-order valence-corrected chi connectivity index (χ2v) is 4.69. The lowest BCUT2D eigenvalue weighted by Gasteiger charge is -2.06. The Hall–Kier alpha value is -1.47. The van der Waals surface area contributed by atoms with E-state index in [4.69, 9.17) is 5.11 Å². The molecule has 0 spiro atoms. The molecule has 0 atom stereocenters. The Kier molecular flexibility index (Phi) is 3.97. The van der Waals surface area contributed by atoms with Crippen molar-refractivity contribution in [2.24, 2.45) is 5.16 Å². The molecule has 0 saturated heterocycles. The number of carbonyl (C=O) groups is 1. The molecule has 0 unspecified atom stereocenters. The molecule has 1 aliphatic carbocycles.